The molecule has 0 spiro atoms. The molecule has 37 heavy (non-hydrogen) atoms. The van der Waals surface area contributed by atoms with Crippen molar-refractivity contribution in [2.45, 2.75) is 83.3 Å². The van der Waals surface area contributed by atoms with Crippen LogP contribution in [0.5, 0.6) is 0 Å². The lowest BCUT2D eigenvalue weighted by atomic mass is 9.69. The molecule has 0 radical (unpaired) electrons. The SMILES string of the molecule is CCn1c(SCC(=O)Nc2sc3c(c2C#N)CCC(C(C)(C)CC)C3)nnc1C1CC1c1ccccc1. The molecule has 3 unspecified atom stereocenters. The Hall–Kier alpha value is -2.63. The average Bonchev–Trinajstić information content (AvgIpc) is 3.47. The van der Waals surface area contributed by atoms with Crippen molar-refractivity contribution in [3.63, 3.8) is 0 Å². The Morgan fingerprint density at radius 2 is 2.03 bits per heavy atom. The van der Waals surface area contributed by atoms with Crippen molar-refractivity contribution in [3.05, 3.63) is 57.7 Å². The molecule has 3 aromatic rings. The van der Waals surface area contributed by atoms with Gasteiger partial charge >= 0.3 is 0 Å². The van der Waals surface area contributed by atoms with E-state index in [1.165, 1.54) is 22.2 Å². The summed E-state index contributed by atoms with van der Waals surface area (Å²) in [6.45, 7) is 9.80. The van der Waals surface area contributed by atoms with Gasteiger partial charge in [-0.1, -0.05) is 69.3 Å². The van der Waals surface area contributed by atoms with E-state index in [1.54, 1.807) is 11.3 Å². The second kappa shape index (κ2) is 10.6. The Morgan fingerprint density at radius 3 is 2.73 bits per heavy atom. The number of hydrogen-bond donors (Lipinski definition) is 1. The Balaban J connectivity index is 1.23. The average molecular weight is 534 g/mol. The number of carbonyl (C=O) groups is 1. The highest BCUT2D eigenvalue weighted by atomic mass is 32.2. The van der Waals surface area contributed by atoms with Crippen LogP contribution in [0, 0.1) is 22.7 Å². The van der Waals surface area contributed by atoms with E-state index in [9.17, 15) is 10.1 Å². The van der Waals surface area contributed by atoms with Crippen LogP contribution in [0.4, 0.5) is 5.00 Å². The summed E-state index contributed by atoms with van der Waals surface area (Å²) in [6.07, 6.45) is 5.24. The first-order valence-corrected chi connectivity index (χ1v) is 15.1. The Labute approximate surface area is 227 Å². The number of rotatable bonds is 9. The van der Waals surface area contributed by atoms with E-state index in [1.807, 2.05) is 6.07 Å². The summed E-state index contributed by atoms with van der Waals surface area (Å²) in [5.41, 5.74) is 3.44. The molecule has 5 rings (SSSR count). The van der Waals surface area contributed by atoms with E-state index in [2.05, 4.69) is 78.1 Å². The third-order valence-electron chi connectivity index (χ3n) is 8.39. The van der Waals surface area contributed by atoms with Gasteiger partial charge in [-0.15, -0.1) is 21.5 Å². The number of hydrogen-bond acceptors (Lipinski definition) is 6. The molecule has 2 heterocycles. The number of carbonyl (C=O) groups excluding carboxylic acids is 1. The number of anilines is 1. The van der Waals surface area contributed by atoms with Gasteiger partial charge in [-0.2, -0.15) is 5.26 Å². The van der Waals surface area contributed by atoms with E-state index in [-0.39, 0.29) is 17.1 Å². The van der Waals surface area contributed by atoms with Gasteiger partial charge in [0, 0.05) is 17.3 Å². The molecule has 0 aliphatic heterocycles. The van der Waals surface area contributed by atoms with Crippen molar-refractivity contribution < 1.29 is 4.79 Å². The highest BCUT2D eigenvalue weighted by Gasteiger charge is 2.43. The number of thiophene rings is 1. The molecular weight excluding hydrogens is 498 g/mol. The highest BCUT2D eigenvalue weighted by molar-refractivity contribution is 7.99. The van der Waals surface area contributed by atoms with Gasteiger partial charge in [0.25, 0.3) is 0 Å². The Bertz CT molecular complexity index is 1320. The molecule has 1 fully saturated rings. The summed E-state index contributed by atoms with van der Waals surface area (Å²) in [4.78, 5) is 14.2. The molecule has 2 aliphatic rings. The van der Waals surface area contributed by atoms with Crippen molar-refractivity contribution >= 4 is 34.0 Å². The van der Waals surface area contributed by atoms with Crippen LogP contribution in [0.25, 0.3) is 0 Å². The molecule has 0 saturated heterocycles. The van der Waals surface area contributed by atoms with Gasteiger partial charge in [0.2, 0.25) is 5.91 Å². The molecular formula is C29H35N5OS2. The van der Waals surface area contributed by atoms with E-state index in [4.69, 9.17) is 0 Å². The molecule has 3 atom stereocenters. The maximum Gasteiger partial charge on any atom is 0.235 e. The third kappa shape index (κ3) is 5.21. The van der Waals surface area contributed by atoms with Crippen molar-refractivity contribution in [2.24, 2.45) is 11.3 Å². The summed E-state index contributed by atoms with van der Waals surface area (Å²) in [5, 5.41) is 23.3. The minimum Gasteiger partial charge on any atom is -0.316 e. The zero-order valence-corrected chi connectivity index (χ0v) is 23.7. The summed E-state index contributed by atoms with van der Waals surface area (Å²) in [7, 11) is 0. The lowest BCUT2D eigenvalue weighted by Gasteiger charge is -2.36. The molecule has 1 N–H and O–H groups in total. The van der Waals surface area contributed by atoms with Gasteiger partial charge in [0.1, 0.15) is 16.9 Å². The molecule has 1 aromatic carbocycles. The van der Waals surface area contributed by atoms with Crippen LogP contribution in [0.2, 0.25) is 0 Å². The first-order chi connectivity index (χ1) is 17.9. The van der Waals surface area contributed by atoms with Gasteiger partial charge in [0.15, 0.2) is 5.16 Å². The van der Waals surface area contributed by atoms with Crippen molar-refractivity contribution in [2.75, 3.05) is 11.1 Å². The van der Waals surface area contributed by atoms with E-state index in [0.29, 0.717) is 28.3 Å². The number of nitrogens with one attached hydrogen (secondary N) is 1. The van der Waals surface area contributed by atoms with Crippen LogP contribution >= 0.6 is 23.1 Å². The number of nitrogens with zero attached hydrogens (tertiary/aromatic N) is 4. The maximum absolute atomic E-state index is 12.9. The topological polar surface area (TPSA) is 83.6 Å². The number of nitriles is 1. The molecule has 1 saturated carbocycles. The standard InChI is InChI=1S/C29H35N5OS2/c1-5-29(3,4)19-12-13-20-23(16-30)27(37-24(20)14-19)31-25(35)17-36-28-33-32-26(34(28)6-2)22-15-21(22)18-10-8-7-9-11-18/h7-11,19,21-22H,5-6,12-15,17H2,1-4H3,(H,31,35). The molecule has 1 amide bonds. The minimum atomic E-state index is -0.105. The summed E-state index contributed by atoms with van der Waals surface area (Å²) in [6, 6.07) is 12.9. The van der Waals surface area contributed by atoms with Crippen molar-refractivity contribution in [1.82, 2.24) is 14.8 Å². The zero-order valence-electron chi connectivity index (χ0n) is 22.1. The van der Waals surface area contributed by atoms with E-state index < -0.39 is 0 Å². The predicted molar refractivity (Wildman–Crippen MR) is 150 cm³/mol. The molecule has 0 bridgehead atoms. The van der Waals surface area contributed by atoms with Gasteiger partial charge < -0.3 is 9.88 Å². The van der Waals surface area contributed by atoms with Gasteiger partial charge in [-0.25, -0.2) is 0 Å². The summed E-state index contributed by atoms with van der Waals surface area (Å²) >= 11 is 3.01. The summed E-state index contributed by atoms with van der Waals surface area (Å²) < 4.78 is 2.14. The second-order valence-corrected chi connectivity index (χ2v) is 12.9. The first-order valence-electron chi connectivity index (χ1n) is 13.3. The van der Waals surface area contributed by atoms with E-state index in [0.717, 1.165) is 55.2 Å². The number of aromatic nitrogens is 3. The second-order valence-electron chi connectivity index (χ2n) is 10.9. The normalized spacial score (nSPS) is 20.8. The van der Waals surface area contributed by atoms with Crippen molar-refractivity contribution in [1.29, 1.82) is 5.26 Å². The molecule has 2 aliphatic carbocycles. The lowest BCUT2D eigenvalue weighted by molar-refractivity contribution is -0.113. The molecule has 2 aromatic heterocycles. The number of benzene rings is 1. The molecule has 8 heteroatoms. The first kappa shape index (κ1) is 26.0. The molecule has 194 valence electrons. The van der Waals surface area contributed by atoms with Crippen LogP contribution in [-0.4, -0.2) is 26.4 Å². The number of amides is 1. The van der Waals surface area contributed by atoms with Crippen LogP contribution < -0.4 is 5.32 Å². The fraction of sp³-hybridized carbons (Fsp3) is 0.517. The third-order valence-corrected chi connectivity index (χ3v) is 10.5. The van der Waals surface area contributed by atoms with Crippen LogP contribution in [0.3, 0.4) is 0 Å². The van der Waals surface area contributed by atoms with Gasteiger partial charge in [-0.3, -0.25) is 4.79 Å². The van der Waals surface area contributed by atoms with Crippen molar-refractivity contribution in [3.8, 4) is 6.07 Å². The summed E-state index contributed by atoms with van der Waals surface area (Å²) in [5.74, 6) is 2.64. The quantitative estimate of drug-likeness (QED) is 0.307. The highest BCUT2D eigenvalue weighted by Crippen LogP contribution is 2.54. The Morgan fingerprint density at radius 1 is 1.24 bits per heavy atom. The van der Waals surface area contributed by atoms with Gasteiger partial charge in [-0.05, 0) is 61.0 Å². The van der Waals surface area contributed by atoms with Crippen LogP contribution in [0.1, 0.15) is 86.2 Å². The largest absolute Gasteiger partial charge is 0.316 e. The fourth-order valence-corrected chi connectivity index (χ4v) is 7.67. The van der Waals surface area contributed by atoms with Crippen LogP contribution in [0.15, 0.2) is 35.5 Å². The van der Waals surface area contributed by atoms with Gasteiger partial charge in [0.05, 0.1) is 11.3 Å². The van der Waals surface area contributed by atoms with Crippen LogP contribution in [-0.2, 0) is 24.2 Å². The Kier molecular flexibility index (Phi) is 7.46. The predicted octanol–water partition coefficient (Wildman–Crippen LogP) is 6.77. The monoisotopic (exact) mass is 533 g/mol. The smallest absolute Gasteiger partial charge is 0.235 e. The fourth-order valence-electron chi connectivity index (χ4n) is 5.57. The number of fused-ring (bicyclic) bond motifs is 1. The minimum absolute atomic E-state index is 0.105. The maximum atomic E-state index is 12.9. The number of thioether (sulfide) groups is 1. The lowest BCUT2D eigenvalue weighted by Crippen LogP contribution is -2.28. The molecule has 6 nitrogen and oxygen atoms in total. The van der Waals surface area contributed by atoms with E-state index >= 15 is 0 Å². The zero-order chi connectivity index (χ0) is 26.2.